The van der Waals surface area contributed by atoms with Crippen molar-refractivity contribution in [1.29, 1.82) is 0 Å². The van der Waals surface area contributed by atoms with Gasteiger partial charge in [-0.1, -0.05) is 60.9 Å². The molecule has 1 saturated carbocycles. The van der Waals surface area contributed by atoms with E-state index < -0.39 is 12.1 Å². The number of aromatic nitrogens is 1. The van der Waals surface area contributed by atoms with Crippen molar-refractivity contribution >= 4 is 12.1 Å². The van der Waals surface area contributed by atoms with Gasteiger partial charge in [0.25, 0.3) is 0 Å². The summed E-state index contributed by atoms with van der Waals surface area (Å²) in [5.74, 6) is 0.643. The number of carboxylic acid groups (broad SMARTS) is 1. The Labute approximate surface area is 223 Å². The summed E-state index contributed by atoms with van der Waals surface area (Å²) >= 11 is 0. The first-order valence-corrected chi connectivity index (χ1v) is 13.2. The van der Waals surface area contributed by atoms with Crippen LogP contribution >= 0.6 is 0 Å². The summed E-state index contributed by atoms with van der Waals surface area (Å²) in [6, 6.07) is 17.4. The van der Waals surface area contributed by atoms with E-state index in [1.54, 1.807) is 0 Å². The lowest BCUT2D eigenvalue weighted by Gasteiger charge is -2.30. The number of rotatable bonds is 11. The van der Waals surface area contributed by atoms with Gasteiger partial charge in [0.2, 0.25) is 5.89 Å². The van der Waals surface area contributed by atoms with E-state index in [9.17, 15) is 14.7 Å². The van der Waals surface area contributed by atoms with Gasteiger partial charge in [0.15, 0.2) is 0 Å². The molecule has 1 aliphatic carbocycles. The van der Waals surface area contributed by atoms with E-state index in [2.05, 4.69) is 4.98 Å². The first-order chi connectivity index (χ1) is 18.4. The minimum Gasteiger partial charge on any atom is -0.480 e. The van der Waals surface area contributed by atoms with Crippen molar-refractivity contribution < 1.29 is 28.6 Å². The van der Waals surface area contributed by atoms with Crippen molar-refractivity contribution in [3.63, 3.8) is 0 Å². The lowest BCUT2D eigenvalue weighted by Crippen LogP contribution is -2.38. The Bertz CT molecular complexity index is 1210. The molecule has 0 saturated heterocycles. The van der Waals surface area contributed by atoms with Gasteiger partial charge in [0, 0.05) is 12.1 Å². The zero-order chi connectivity index (χ0) is 26.9. The number of nitrogens with zero attached hydrogens (tertiary/aromatic N) is 2. The van der Waals surface area contributed by atoms with E-state index in [1.807, 2.05) is 68.4 Å². The van der Waals surface area contributed by atoms with Gasteiger partial charge in [-0.05, 0) is 56.7 Å². The van der Waals surface area contributed by atoms with Crippen LogP contribution in [0.15, 0.2) is 59.0 Å². The minimum atomic E-state index is -1.06. The van der Waals surface area contributed by atoms with E-state index in [0.717, 1.165) is 53.8 Å². The van der Waals surface area contributed by atoms with E-state index in [1.165, 1.54) is 4.90 Å². The molecule has 1 heterocycles. The number of carbonyl (C=O) groups is 2. The van der Waals surface area contributed by atoms with Crippen LogP contribution in [0.25, 0.3) is 11.5 Å². The molecule has 4 rings (SSSR count). The van der Waals surface area contributed by atoms with Crippen molar-refractivity contribution in [3.8, 4) is 11.5 Å². The van der Waals surface area contributed by atoms with Gasteiger partial charge in [0.1, 0.15) is 24.6 Å². The minimum absolute atomic E-state index is 0.0882. The molecule has 2 atom stereocenters. The number of carbonyl (C=O) groups excluding carboxylic acids is 1. The molecule has 1 aromatic heterocycles. The molecule has 0 spiro atoms. The molecule has 0 radical (unpaired) electrons. The Kier molecular flexibility index (Phi) is 9.54. The van der Waals surface area contributed by atoms with Crippen LogP contribution in [0.5, 0.6) is 0 Å². The Morgan fingerprint density at radius 1 is 1.08 bits per heavy atom. The predicted octanol–water partition coefficient (Wildman–Crippen LogP) is 6.15. The van der Waals surface area contributed by atoms with Crippen LogP contribution < -0.4 is 0 Å². The topological polar surface area (TPSA) is 102 Å². The maximum absolute atomic E-state index is 12.6. The molecule has 38 heavy (non-hydrogen) atoms. The number of oxazole rings is 1. The zero-order valence-electron chi connectivity index (χ0n) is 22.1. The highest BCUT2D eigenvalue weighted by molar-refractivity contribution is 5.76. The molecule has 1 fully saturated rings. The largest absolute Gasteiger partial charge is 0.480 e. The zero-order valence-corrected chi connectivity index (χ0v) is 22.1. The Morgan fingerprint density at radius 3 is 2.66 bits per heavy atom. The second-order valence-corrected chi connectivity index (χ2v) is 10.0. The van der Waals surface area contributed by atoms with E-state index in [4.69, 9.17) is 13.9 Å². The van der Waals surface area contributed by atoms with E-state index in [0.29, 0.717) is 31.4 Å². The smallest absolute Gasteiger partial charge is 0.410 e. The number of hydrogen-bond donors (Lipinski definition) is 1. The van der Waals surface area contributed by atoms with Crippen LogP contribution in [-0.2, 0) is 27.5 Å². The third-order valence-corrected chi connectivity index (χ3v) is 6.94. The van der Waals surface area contributed by atoms with Gasteiger partial charge in [0.05, 0.1) is 12.7 Å². The van der Waals surface area contributed by atoms with Crippen LogP contribution in [-0.4, -0.2) is 46.2 Å². The highest BCUT2D eigenvalue weighted by Gasteiger charge is 2.26. The maximum atomic E-state index is 12.6. The number of aryl methyl sites for hydroxylation is 2. The molecular weight excluding hydrogens is 484 g/mol. The first kappa shape index (κ1) is 27.4. The number of hydrogen-bond acceptors (Lipinski definition) is 6. The van der Waals surface area contributed by atoms with Gasteiger partial charge in [-0.2, -0.15) is 0 Å². The highest BCUT2D eigenvalue weighted by atomic mass is 16.6. The Hall–Kier alpha value is -3.65. The molecule has 0 aliphatic heterocycles. The monoisotopic (exact) mass is 520 g/mol. The number of ether oxygens (including phenoxy) is 2. The Morgan fingerprint density at radius 2 is 1.89 bits per heavy atom. The van der Waals surface area contributed by atoms with Crippen molar-refractivity contribution in [1.82, 2.24) is 9.88 Å². The van der Waals surface area contributed by atoms with E-state index in [-0.39, 0.29) is 19.3 Å². The summed E-state index contributed by atoms with van der Waals surface area (Å²) in [5.41, 5.74) is 3.76. The Balaban J connectivity index is 1.27. The van der Waals surface area contributed by atoms with Gasteiger partial charge in [-0.25, -0.2) is 9.78 Å². The predicted molar refractivity (Wildman–Crippen MR) is 142 cm³/mol. The average Bonchev–Trinajstić information content (AvgIpc) is 3.29. The second-order valence-electron chi connectivity index (χ2n) is 10.0. The number of aliphatic carboxylic acids is 1. The molecule has 202 valence electrons. The fourth-order valence-corrected chi connectivity index (χ4v) is 4.86. The number of carboxylic acids is 1. The standard InChI is InChI=1S/C30H36N2O6/c1-21-8-6-12-25(16-21)29-31-27(22(2)38-29)20-36-26-13-7-11-23(17-26)14-15-32(18-28(33)34)30(35)37-19-24-9-4-3-5-10-24/h3-6,8-10,12,16,23,26H,7,11,13-15,17-20H2,1-2H3,(H,33,34)/t23-,26-/m1/s1. The first-order valence-electron chi connectivity index (χ1n) is 13.2. The summed E-state index contributed by atoms with van der Waals surface area (Å²) in [7, 11) is 0. The summed E-state index contributed by atoms with van der Waals surface area (Å²) in [5, 5.41) is 9.30. The maximum Gasteiger partial charge on any atom is 0.410 e. The normalized spacial score (nSPS) is 17.2. The molecule has 8 heteroatoms. The average molecular weight is 521 g/mol. The van der Waals surface area contributed by atoms with Crippen LogP contribution in [0.4, 0.5) is 4.79 Å². The molecule has 1 amide bonds. The SMILES string of the molecule is Cc1cccc(-c2nc(CO[C@@H]3CCC[C@H](CCN(CC(=O)O)C(=O)OCc4ccccc4)C3)c(C)o2)c1. The molecule has 1 N–H and O–H groups in total. The highest BCUT2D eigenvalue weighted by Crippen LogP contribution is 2.30. The van der Waals surface area contributed by atoms with Crippen LogP contribution in [0.3, 0.4) is 0 Å². The molecule has 0 bridgehead atoms. The molecule has 3 aromatic rings. The van der Waals surface area contributed by atoms with Crippen LogP contribution in [0, 0.1) is 19.8 Å². The summed E-state index contributed by atoms with van der Waals surface area (Å²) in [6.45, 7) is 4.40. The fourth-order valence-electron chi connectivity index (χ4n) is 4.86. The lowest BCUT2D eigenvalue weighted by atomic mass is 9.85. The van der Waals surface area contributed by atoms with Crippen molar-refractivity contribution in [2.24, 2.45) is 5.92 Å². The van der Waals surface area contributed by atoms with Crippen molar-refractivity contribution in [2.75, 3.05) is 13.1 Å². The van der Waals surface area contributed by atoms with Crippen molar-refractivity contribution in [2.45, 2.75) is 65.3 Å². The van der Waals surface area contributed by atoms with Gasteiger partial charge in [-0.15, -0.1) is 0 Å². The molecule has 0 unspecified atom stereocenters. The number of benzene rings is 2. The lowest BCUT2D eigenvalue weighted by molar-refractivity contribution is -0.138. The number of amides is 1. The summed E-state index contributed by atoms with van der Waals surface area (Å²) in [6.07, 6.45) is 4.07. The van der Waals surface area contributed by atoms with Crippen molar-refractivity contribution in [3.05, 3.63) is 77.2 Å². The van der Waals surface area contributed by atoms with Gasteiger partial charge in [-0.3, -0.25) is 9.69 Å². The van der Waals surface area contributed by atoms with Gasteiger partial charge >= 0.3 is 12.1 Å². The molecule has 2 aromatic carbocycles. The summed E-state index contributed by atoms with van der Waals surface area (Å²) < 4.78 is 17.5. The third-order valence-electron chi connectivity index (χ3n) is 6.94. The fraction of sp³-hybridized carbons (Fsp3) is 0.433. The van der Waals surface area contributed by atoms with Crippen LogP contribution in [0.2, 0.25) is 0 Å². The second kappa shape index (κ2) is 13.2. The quantitative estimate of drug-likeness (QED) is 0.324. The molecular formula is C30H36N2O6. The van der Waals surface area contributed by atoms with Gasteiger partial charge < -0.3 is 19.0 Å². The summed E-state index contributed by atoms with van der Waals surface area (Å²) in [4.78, 5) is 29.9. The molecule has 1 aliphatic rings. The third kappa shape index (κ3) is 7.92. The van der Waals surface area contributed by atoms with E-state index >= 15 is 0 Å². The van der Waals surface area contributed by atoms with Crippen LogP contribution in [0.1, 0.15) is 54.7 Å². The molecule has 8 nitrogen and oxygen atoms in total.